The minimum Gasteiger partial charge on any atom is -0.378 e. The summed E-state index contributed by atoms with van der Waals surface area (Å²) in [5.41, 5.74) is 4.11. The maximum absolute atomic E-state index is 3.68. The average molecular weight is 259 g/mol. The second-order valence-electron chi connectivity index (χ2n) is 5.50. The van der Waals surface area contributed by atoms with Crippen LogP contribution in [0.5, 0.6) is 0 Å². The highest BCUT2D eigenvalue weighted by Crippen LogP contribution is 2.33. The third kappa shape index (κ3) is 1.96. The van der Waals surface area contributed by atoms with Gasteiger partial charge in [0.15, 0.2) is 0 Å². The average Bonchev–Trinajstić information content (AvgIpc) is 2.54. The van der Waals surface area contributed by atoms with Gasteiger partial charge in [-0.15, -0.1) is 0 Å². The summed E-state index contributed by atoms with van der Waals surface area (Å²) >= 11 is 0. The van der Waals surface area contributed by atoms with Crippen LogP contribution in [0.3, 0.4) is 0 Å². The summed E-state index contributed by atoms with van der Waals surface area (Å²) < 4.78 is 0. The van der Waals surface area contributed by atoms with Crippen LogP contribution in [0.15, 0.2) is 66.7 Å². The van der Waals surface area contributed by atoms with Gasteiger partial charge in [0.1, 0.15) is 0 Å². The van der Waals surface area contributed by atoms with Crippen LogP contribution >= 0.6 is 0 Å². The molecule has 1 heteroatoms. The highest BCUT2D eigenvalue weighted by molar-refractivity contribution is 5.83. The summed E-state index contributed by atoms with van der Waals surface area (Å²) in [4.78, 5) is 0. The molecule has 0 aromatic heterocycles. The SMILES string of the molecule is c1ccc2c(c1)CCC(c1ccc3ccccc3c1)N2. The third-order valence-corrected chi connectivity index (χ3v) is 4.23. The van der Waals surface area contributed by atoms with Gasteiger partial charge >= 0.3 is 0 Å². The lowest BCUT2D eigenvalue weighted by Gasteiger charge is -2.27. The first-order chi connectivity index (χ1) is 9.90. The minimum absolute atomic E-state index is 0.425. The summed E-state index contributed by atoms with van der Waals surface area (Å²) in [7, 11) is 0. The van der Waals surface area contributed by atoms with Crippen LogP contribution in [0.4, 0.5) is 5.69 Å². The van der Waals surface area contributed by atoms with Crippen LogP contribution in [-0.4, -0.2) is 0 Å². The van der Waals surface area contributed by atoms with E-state index >= 15 is 0 Å². The Morgan fingerprint density at radius 3 is 2.55 bits per heavy atom. The lowest BCUT2D eigenvalue weighted by Crippen LogP contribution is -2.17. The van der Waals surface area contributed by atoms with E-state index in [2.05, 4.69) is 72.0 Å². The van der Waals surface area contributed by atoms with Crippen molar-refractivity contribution in [3.05, 3.63) is 77.9 Å². The maximum Gasteiger partial charge on any atom is 0.0517 e. The van der Waals surface area contributed by atoms with Crippen molar-refractivity contribution in [3.63, 3.8) is 0 Å². The number of aryl methyl sites for hydroxylation is 1. The number of anilines is 1. The summed E-state index contributed by atoms with van der Waals surface area (Å²) in [5.74, 6) is 0. The molecule has 1 atom stereocenters. The zero-order chi connectivity index (χ0) is 13.4. The van der Waals surface area contributed by atoms with Crippen molar-refractivity contribution < 1.29 is 0 Å². The van der Waals surface area contributed by atoms with E-state index < -0.39 is 0 Å². The number of nitrogens with one attached hydrogen (secondary N) is 1. The van der Waals surface area contributed by atoms with Crippen LogP contribution in [0.25, 0.3) is 10.8 Å². The normalized spacial score (nSPS) is 17.5. The molecule has 0 radical (unpaired) electrons. The Morgan fingerprint density at radius 1 is 0.800 bits per heavy atom. The molecule has 0 spiro atoms. The van der Waals surface area contributed by atoms with E-state index in [1.807, 2.05) is 0 Å². The second-order valence-corrected chi connectivity index (χ2v) is 5.50. The van der Waals surface area contributed by atoms with Crippen molar-refractivity contribution in [2.75, 3.05) is 5.32 Å². The van der Waals surface area contributed by atoms with Gasteiger partial charge < -0.3 is 5.32 Å². The molecule has 3 aromatic rings. The molecule has 1 aliphatic rings. The fourth-order valence-electron chi connectivity index (χ4n) is 3.11. The smallest absolute Gasteiger partial charge is 0.0517 e. The quantitative estimate of drug-likeness (QED) is 0.652. The maximum atomic E-state index is 3.68. The van der Waals surface area contributed by atoms with E-state index in [0.29, 0.717) is 6.04 Å². The molecule has 0 saturated heterocycles. The van der Waals surface area contributed by atoms with E-state index in [4.69, 9.17) is 0 Å². The molecule has 1 heterocycles. The van der Waals surface area contributed by atoms with E-state index in [0.717, 1.165) is 12.8 Å². The van der Waals surface area contributed by atoms with E-state index in [1.165, 1.54) is 27.6 Å². The molecule has 1 aliphatic heterocycles. The zero-order valence-electron chi connectivity index (χ0n) is 11.3. The number of hydrogen-bond acceptors (Lipinski definition) is 1. The number of fused-ring (bicyclic) bond motifs is 2. The second kappa shape index (κ2) is 4.68. The minimum atomic E-state index is 0.425. The molecule has 98 valence electrons. The van der Waals surface area contributed by atoms with Crippen molar-refractivity contribution in [2.24, 2.45) is 0 Å². The van der Waals surface area contributed by atoms with Gasteiger partial charge in [-0.05, 0) is 46.9 Å². The standard InChI is InChI=1S/C19H17N/c1-2-7-16-13-17(10-9-14(16)5-1)19-12-11-15-6-3-4-8-18(15)20-19/h1-10,13,19-20H,11-12H2. The Kier molecular flexibility index (Phi) is 2.70. The van der Waals surface area contributed by atoms with Gasteiger partial charge in [0.2, 0.25) is 0 Å². The molecule has 1 nitrogen and oxygen atoms in total. The predicted molar refractivity (Wildman–Crippen MR) is 85.1 cm³/mol. The molecule has 3 aromatic carbocycles. The summed E-state index contributed by atoms with van der Waals surface area (Å²) in [6.45, 7) is 0. The first-order valence-electron chi connectivity index (χ1n) is 7.23. The third-order valence-electron chi connectivity index (χ3n) is 4.23. The van der Waals surface area contributed by atoms with Crippen LogP contribution in [0, 0.1) is 0 Å². The molecule has 0 aliphatic carbocycles. The topological polar surface area (TPSA) is 12.0 Å². The Morgan fingerprint density at radius 2 is 1.60 bits per heavy atom. The van der Waals surface area contributed by atoms with Crippen molar-refractivity contribution in [3.8, 4) is 0 Å². The van der Waals surface area contributed by atoms with E-state index in [-0.39, 0.29) is 0 Å². The highest BCUT2D eigenvalue weighted by Gasteiger charge is 2.18. The monoisotopic (exact) mass is 259 g/mol. The van der Waals surface area contributed by atoms with E-state index in [1.54, 1.807) is 0 Å². The summed E-state index contributed by atoms with van der Waals surface area (Å²) in [6.07, 6.45) is 2.32. The Balaban J connectivity index is 1.70. The van der Waals surface area contributed by atoms with Gasteiger partial charge in [-0.25, -0.2) is 0 Å². The molecule has 1 unspecified atom stereocenters. The zero-order valence-corrected chi connectivity index (χ0v) is 11.3. The molecule has 0 bridgehead atoms. The Bertz CT molecular complexity index is 760. The van der Waals surface area contributed by atoms with Crippen LogP contribution in [-0.2, 0) is 6.42 Å². The van der Waals surface area contributed by atoms with Crippen molar-refractivity contribution >= 4 is 16.5 Å². The fraction of sp³-hybridized carbons (Fsp3) is 0.158. The highest BCUT2D eigenvalue weighted by atomic mass is 14.9. The van der Waals surface area contributed by atoms with E-state index in [9.17, 15) is 0 Å². The van der Waals surface area contributed by atoms with Crippen LogP contribution < -0.4 is 5.32 Å². The van der Waals surface area contributed by atoms with Crippen molar-refractivity contribution in [2.45, 2.75) is 18.9 Å². The van der Waals surface area contributed by atoms with Crippen molar-refractivity contribution in [1.29, 1.82) is 0 Å². The van der Waals surface area contributed by atoms with Crippen LogP contribution in [0.2, 0.25) is 0 Å². The number of para-hydroxylation sites is 1. The number of benzene rings is 3. The first-order valence-corrected chi connectivity index (χ1v) is 7.23. The lowest BCUT2D eigenvalue weighted by atomic mass is 9.92. The van der Waals surface area contributed by atoms with Crippen molar-refractivity contribution in [1.82, 2.24) is 0 Å². The molecule has 0 saturated carbocycles. The molecule has 0 fully saturated rings. The molecular formula is C19H17N. The Hall–Kier alpha value is -2.28. The van der Waals surface area contributed by atoms with Gasteiger partial charge in [0.05, 0.1) is 6.04 Å². The predicted octanol–water partition coefficient (Wildman–Crippen LogP) is 4.94. The molecule has 0 amide bonds. The Labute approximate surface area is 119 Å². The number of rotatable bonds is 1. The molecule has 4 rings (SSSR count). The van der Waals surface area contributed by atoms with Gasteiger partial charge in [-0.2, -0.15) is 0 Å². The fourth-order valence-corrected chi connectivity index (χ4v) is 3.11. The van der Waals surface area contributed by atoms with Gasteiger partial charge in [0.25, 0.3) is 0 Å². The van der Waals surface area contributed by atoms with Crippen LogP contribution in [0.1, 0.15) is 23.6 Å². The summed E-state index contributed by atoms with van der Waals surface area (Å²) in [5, 5.41) is 6.32. The van der Waals surface area contributed by atoms with Gasteiger partial charge in [-0.1, -0.05) is 54.6 Å². The van der Waals surface area contributed by atoms with Gasteiger partial charge in [0, 0.05) is 5.69 Å². The largest absolute Gasteiger partial charge is 0.378 e. The lowest BCUT2D eigenvalue weighted by molar-refractivity contribution is 0.668. The number of hydrogen-bond donors (Lipinski definition) is 1. The summed E-state index contributed by atoms with van der Waals surface area (Å²) in [6, 6.07) is 24.4. The first kappa shape index (κ1) is 11.5. The van der Waals surface area contributed by atoms with Gasteiger partial charge in [-0.3, -0.25) is 0 Å². The molecule has 1 N–H and O–H groups in total. The molecular weight excluding hydrogens is 242 g/mol. The molecule has 20 heavy (non-hydrogen) atoms.